The van der Waals surface area contributed by atoms with Gasteiger partial charge in [-0.05, 0) is 55.7 Å². The van der Waals surface area contributed by atoms with Gasteiger partial charge in [-0.3, -0.25) is 9.69 Å². The Balaban J connectivity index is 1.90. The van der Waals surface area contributed by atoms with E-state index in [-0.39, 0.29) is 18.0 Å². The molecule has 1 heterocycles. The van der Waals surface area contributed by atoms with Crippen molar-refractivity contribution in [3.05, 3.63) is 64.2 Å². The normalized spacial score (nSPS) is 14.7. The Hall–Kier alpha value is -2.53. The Bertz CT molecular complexity index is 867. The van der Waals surface area contributed by atoms with Crippen molar-refractivity contribution in [3.63, 3.8) is 0 Å². The molecule has 0 aromatic heterocycles. The van der Waals surface area contributed by atoms with E-state index in [1.165, 1.54) is 0 Å². The molecule has 3 amide bonds. The van der Waals surface area contributed by atoms with E-state index in [2.05, 4.69) is 19.2 Å². The molecule has 148 valence electrons. The van der Waals surface area contributed by atoms with E-state index in [0.29, 0.717) is 30.2 Å². The summed E-state index contributed by atoms with van der Waals surface area (Å²) in [6, 6.07) is 13.1. The second-order valence-electron chi connectivity index (χ2n) is 7.20. The fraction of sp³-hybridized carbons (Fsp3) is 0.364. The molecule has 2 aromatic carbocycles. The van der Waals surface area contributed by atoms with Crippen molar-refractivity contribution in [3.8, 4) is 0 Å². The molecule has 0 radical (unpaired) electrons. The summed E-state index contributed by atoms with van der Waals surface area (Å²) in [6.07, 6.45) is 0.854. The lowest BCUT2D eigenvalue weighted by Gasteiger charge is -2.29. The van der Waals surface area contributed by atoms with Crippen LogP contribution in [0.1, 0.15) is 41.8 Å². The number of aryl methyl sites for hydroxylation is 1. The van der Waals surface area contributed by atoms with Crippen LogP contribution in [0.4, 0.5) is 10.5 Å². The maximum atomic E-state index is 13.4. The second kappa shape index (κ2) is 8.65. The zero-order valence-electron chi connectivity index (χ0n) is 16.5. The van der Waals surface area contributed by atoms with Gasteiger partial charge in [0.2, 0.25) is 0 Å². The lowest BCUT2D eigenvalue weighted by molar-refractivity contribution is 0.0671. The van der Waals surface area contributed by atoms with Crippen LogP contribution in [-0.2, 0) is 6.54 Å². The van der Waals surface area contributed by atoms with E-state index >= 15 is 0 Å². The lowest BCUT2D eigenvalue weighted by Crippen LogP contribution is -2.38. The van der Waals surface area contributed by atoms with Crippen LogP contribution < -0.4 is 10.2 Å². The Kier molecular flexibility index (Phi) is 6.25. The SMILES string of the molecule is CC[C@H](C)N(Cc1ccc(Cl)cc1)C(=O)c1ccc(C)c(N2CCNC2=O)c1. The Morgan fingerprint density at radius 2 is 1.96 bits per heavy atom. The highest BCUT2D eigenvalue weighted by atomic mass is 35.5. The molecule has 1 aliphatic rings. The third-order valence-electron chi connectivity index (χ3n) is 5.25. The van der Waals surface area contributed by atoms with Crippen LogP contribution in [0.5, 0.6) is 0 Å². The number of benzene rings is 2. The largest absolute Gasteiger partial charge is 0.336 e. The Labute approximate surface area is 171 Å². The molecule has 0 unspecified atom stereocenters. The summed E-state index contributed by atoms with van der Waals surface area (Å²) in [5.41, 5.74) is 3.39. The monoisotopic (exact) mass is 399 g/mol. The fourth-order valence-electron chi connectivity index (χ4n) is 3.34. The molecule has 2 aromatic rings. The molecule has 6 heteroatoms. The first kappa shape index (κ1) is 20.2. The number of urea groups is 1. The molecule has 1 saturated heterocycles. The molecule has 5 nitrogen and oxygen atoms in total. The van der Waals surface area contributed by atoms with Gasteiger partial charge in [-0.15, -0.1) is 0 Å². The van der Waals surface area contributed by atoms with Crippen molar-refractivity contribution >= 4 is 29.2 Å². The average Bonchev–Trinajstić information content (AvgIpc) is 3.12. The van der Waals surface area contributed by atoms with Gasteiger partial charge in [0.15, 0.2) is 0 Å². The van der Waals surface area contributed by atoms with Gasteiger partial charge in [-0.1, -0.05) is 36.7 Å². The van der Waals surface area contributed by atoms with Gasteiger partial charge in [0, 0.05) is 41.9 Å². The second-order valence-corrected chi connectivity index (χ2v) is 7.64. The first-order valence-electron chi connectivity index (χ1n) is 9.62. The molecule has 0 spiro atoms. The van der Waals surface area contributed by atoms with E-state index in [0.717, 1.165) is 23.2 Å². The molecule has 0 aliphatic carbocycles. The molecular weight excluding hydrogens is 374 g/mol. The zero-order valence-corrected chi connectivity index (χ0v) is 17.3. The van der Waals surface area contributed by atoms with Gasteiger partial charge in [-0.25, -0.2) is 4.79 Å². The van der Waals surface area contributed by atoms with E-state index in [1.54, 1.807) is 4.90 Å². The minimum Gasteiger partial charge on any atom is -0.336 e. The first-order valence-corrected chi connectivity index (χ1v) is 10.00. The number of carbonyl (C=O) groups is 2. The predicted molar refractivity (Wildman–Crippen MR) is 113 cm³/mol. The van der Waals surface area contributed by atoms with Crippen LogP contribution in [-0.4, -0.2) is 36.0 Å². The molecule has 1 fully saturated rings. The third kappa shape index (κ3) is 4.30. The summed E-state index contributed by atoms with van der Waals surface area (Å²) in [5, 5.41) is 3.49. The van der Waals surface area contributed by atoms with Crippen molar-refractivity contribution in [1.82, 2.24) is 10.2 Å². The Morgan fingerprint density at radius 1 is 1.25 bits per heavy atom. The van der Waals surface area contributed by atoms with Gasteiger partial charge < -0.3 is 10.2 Å². The highest BCUT2D eigenvalue weighted by molar-refractivity contribution is 6.30. The van der Waals surface area contributed by atoms with Crippen LogP contribution in [0, 0.1) is 6.92 Å². The van der Waals surface area contributed by atoms with E-state index in [1.807, 2.05) is 54.3 Å². The van der Waals surface area contributed by atoms with Crippen molar-refractivity contribution in [2.45, 2.75) is 39.8 Å². The number of nitrogens with zero attached hydrogens (tertiary/aromatic N) is 2. The van der Waals surface area contributed by atoms with Gasteiger partial charge in [-0.2, -0.15) is 0 Å². The number of anilines is 1. The zero-order chi connectivity index (χ0) is 20.3. The quantitative estimate of drug-likeness (QED) is 0.770. The predicted octanol–water partition coefficient (Wildman–Crippen LogP) is 4.62. The fourth-order valence-corrected chi connectivity index (χ4v) is 3.46. The topological polar surface area (TPSA) is 52.7 Å². The lowest BCUT2D eigenvalue weighted by atomic mass is 10.1. The number of nitrogens with one attached hydrogen (secondary N) is 1. The highest BCUT2D eigenvalue weighted by Gasteiger charge is 2.26. The smallest absolute Gasteiger partial charge is 0.322 e. The van der Waals surface area contributed by atoms with Crippen LogP contribution in [0.3, 0.4) is 0 Å². The standard InChI is InChI=1S/C22H26ClN3O2/c1-4-16(3)26(14-17-6-9-19(23)10-7-17)21(27)18-8-5-15(2)20(13-18)25-12-11-24-22(25)28/h5-10,13,16H,4,11-12,14H2,1-3H3,(H,24,28)/t16-/m0/s1. The number of carbonyl (C=O) groups excluding carboxylic acids is 2. The van der Waals surface area contributed by atoms with Crippen LogP contribution in [0.15, 0.2) is 42.5 Å². The van der Waals surface area contributed by atoms with Crippen molar-refractivity contribution in [1.29, 1.82) is 0 Å². The number of hydrogen-bond donors (Lipinski definition) is 1. The number of halogens is 1. The van der Waals surface area contributed by atoms with Crippen LogP contribution in [0.2, 0.25) is 5.02 Å². The van der Waals surface area contributed by atoms with Gasteiger partial charge in [0.05, 0.1) is 0 Å². The molecule has 0 bridgehead atoms. The van der Waals surface area contributed by atoms with Crippen LogP contribution in [0.25, 0.3) is 0 Å². The van der Waals surface area contributed by atoms with E-state index in [4.69, 9.17) is 11.6 Å². The van der Waals surface area contributed by atoms with E-state index in [9.17, 15) is 9.59 Å². The minimum absolute atomic E-state index is 0.0369. The van der Waals surface area contributed by atoms with E-state index < -0.39 is 0 Å². The van der Waals surface area contributed by atoms with Crippen molar-refractivity contribution < 1.29 is 9.59 Å². The summed E-state index contributed by atoms with van der Waals surface area (Å²) in [7, 11) is 0. The first-order chi connectivity index (χ1) is 13.4. The molecule has 1 aliphatic heterocycles. The van der Waals surface area contributed by atoms with Gasteiger partial charge >= 0.3 is 6.03 Å². The molecule has 1 atom stereocenters. The summed E-state index contributed by atoms with van der Waals surface area (Å²) in [6.45, 7) is 7.82. The summed E-state index contributed by atoms with van der Waals surface area (Å²) in [4.78, 5) is 29.0. The van der Waals surface area contributed by atoms with Crippen molar-refractivity contribution in [2.75, 3.05) is 18.0 Å². The highest BCUT2D eigenvalue weighted by Crippen LogP contribution is 2.25. The minimum atomic E-state index is -0.118. The van der Waals surface area contributed by atoms with Gasteiger partial charge in [0.1, 0.15) is 0 Å². The van der Waals surface area contributed by atoms with Crippen molar-refractivity contribution in [2.24, 2.45) is 0 Å². The third-order valence-corrected chi connectivity index (χ3v) is 5.51. The molecular formula is C22H26ClN3O2. The molecule has 3 rings (SSSR count). The number of rotatable bonds is 6. The number of hydrogen-bond acceptors (Lipinski definition) is 2. The average molecular weight is 400 g/mol. The summed E-state index contributed by atoms with van der Waals surface area (Å²) >= 11 is 5.98. The maximum Gasteiger partial charge on any atom is 0.322 e. The van der Waals surface area contributed by atoms with Crippen LogP contribution >= 0.6 is 11.6 Å². The molecule has 28 heavy (non-hydrogen) atoms. The molecule has 1 N–H and O–H groups in total. The summed E-state index contributed by atoms with van der Waals surface area (Å²) < 4.78 is 0. The maximum absolute atomic E-state index is 13.4. The number of amides is 3. The summed E-state index contributed by atoms with van der Waals surface area (Å²) in [5.74, 6) is -0.0369. The molecule has 0 saturated carbocycles. The van der Waals surface area contributed by atoms with Gasteiger partial charge in [0.25, 0.3) is 5.91 Å². The Morgan fingerprint density at radius 3 is 2.57 bits per heavy atom.